The zero-order valence-corrected chi connectivity index (χ0v) is 19.2. The number of ether oxygens (including phenoxy) is 2. The van der Waals surface area contributed by atoms with Gasteiger partial charge in [0.2, 0.25) is 5.82 Å². The number of benzene rings is 1. The summed E-state index contributed by atoms with van der Waals surface area (Å²) in [4.78, 5) is 22.7. The zero-order chi connectivity index (χ0) is 24.4. The standard InChI is InChI=1S/C23H26FN7O4/c1-13-26-20(22-28-30-31(29-22)9-16-11-35-17(10-32)12-34-16)7-21(27-13)23(33)25-8-14-2-5-19(24)18(6-14)15-3-4-15/h2,5-7,15-17,32H,3-4,8-12H2,1H3,(H,25,33)/t16-,17?/m0/s1. The molecule has 1 amide bonds. The predicted molar refractivity (Wildman–Crippen MR) is 120 cm³/mol. The van der Waals surface area contributed by atoms with Gasteiger partial charge in [-0.1, -0.05) is 12.1 Å². The molecule has 11 nitrogen and oxygen atoms in total. The first-order chi connectivity index (χ1) is 17.0. The lowest BCUT2D eigenvalue weighted by Crippen LogP contribution is -2.40. The van der Waals surface area contributed by atoms with E-state index < -0.39 is 0 Å². The summed E-state index contributed by atoms with van der Waals surface area (Å²) >= 11 is 0. The van der Waals surface area contributed by atoms with Crippen molar-refractivity contribution in [1.82, 2.24) is 35.5 Å². The molecule has 1 saturated heterocycles. The molecule has 35 heavy (non-hydrogen) atoms. The Hall–Kier alpha value is -3.35. The van der Waals surface area contributed by atoms with Gasteiger partial charge in [0.05, 0.1) is 26.4 Å². The lowest BCUT2D eigenvalue weighted by molar-refractivity contribution is -0.150. The summed E-state index contributed by atoms with van der Waals surface area (Å²) in [7, 11) is 0. The topological polar surface area (TPSA) is 137 Å². The van der Waals surface area contributed by atoms with Crippen LogP contribution in [0.25, 0.3) is 11.5 Å². The maximum absolute atomic E-state index is 14.0. The van der Waals surface area contributed by atoms with Crippen LogP contribution in [0.5, 0.6) is 0 Å². The SMILES string of the molecule is Cc1nc(C(=O)NCc2ccc(F)c(C3CC3)c2)cc(-c2nnn(C[C@H]3COC(CO)CO3)n2)n1. The fourth-order valence-electron chi connectivity index (χ4n) is 3.88. The van der Waals surface area contributed by atoms with Gasteiger partial charge in [-0.05, 0) is 54.2 Å². The maximum atomic E-state index is 14.0. The van der Waals surface area contributed by atoms with E-state index in [0.717, 1.165) is 18.4 Å². The van der Waals surface area contributed by atoms with Crippen LogP contribution in [0.4, 0.5) is 4.39 Å². The average Bonchev–Trinajstić information content (AvgIpc) is 3.61. The molecule has 2 atom stereocenters. The molecule has 1 aliphatic heterocycles. The highest BCUT2D eigenvalue weighted by Crippen LogP contribution is 2.41. The predicted octanol–water partition coefficient (Wildman–Crippen LogP) is 1.16. The van der Waals surface area contributed by atoms with Gasteiger partial charge in [-0.2, -0.15) is 4.80 Å². The number of halogens is 1. The van der Waals surface area contributed by atoms with E-state index in [0.29, 0.717) is 36.8 Å². The molecular formula is C23H26FN7O4. The number of aromatic nitrogens is 6. The number of nitrogens with one attached hydrogen (secondary N) is 1. The van der Waals surface area contributed by atoms with Crippen LogP contribution in [0.15, 0.2) is 24.3 Å². The number of hydrogen-bond acceptors (Lipinski definition) is 9. The minimum Gasteiger partial charge on any atom is -0.394 e. The molecule has 184 valence electrons. The Kier molecular flexibility index (Phi) is 6.75. The molecule has 0 radical (unpaired) electrons. The van der Waals surface area contributed by atoms with Crippen molar-refractivity contribution in [3.8, 4) is 11.5 Å². The summed E-state index contributed by atoms with van der Waals surface area (Å²) in [6.45, 7) is 2.78. The quantitative estimate of drug-likeness (QED) is 0.483. The summed E-state index contributed by atoms with van der Waals surface area (Å²) in [5, 5.41) is 24.4. The third kappa shape index (κ3) is 5.66. The summed E-state index contributed by atoms with van der Waals surface area (Å²) in [5.74, 6) is 0.347. The van der Waals surface area contributed by atoms with Gasteiger partial charge in [0.25, 0.3) is 5.91 Å². The van der Waals surface area contributed by atoms with Crippen molar-refractivity contribution in [2.75, 3.05) is 19.8 Å². The number of amides is 1. The summed E-state index contributed by atoms with van der Waals surface area (Å²) in [6, 6.07) is 6.45. The van der Waals surface area contributed by atoms with Gasteiger partial charge in [-0.15, -0.1) is 10.2 Å². The Balaban J connectivity index is 1.23. The summed E-state index contributed by atoms with van der Waals surface area (Å²) < 4.78 is 25.1. The highest BCUT2D eigenvalue weighted by atomic mass is 19.1. The van der Waals surface area contributed by atoms with Crippen molar-refractivity contribution in [2.24, 2.45) is 0 Å². The largest absolute Gasteiger partial charge is 0.394 e. The molecule has 1 unspecified atom stereocenters. The Labute approximate surface area is 200 Å². The van der Waals surface area contributed by atoms with E-state index in [1.807, 2.05) is 6.07 Å². The molecule has 0 spiro atoms. The Morgan fingerprint density at radius 2 is 2.00 bits per heavy atom. The number of rotatable bonds is 8. The second-order valence-corrected chi connectivity index (χ2v) is 8.76. The fourth-order valence-corrected chi connectivity index (χ4v) is 3.88. The van der Waals surface area contributed by atoms with Gasteiger partial charge in [-0.3, -0.25) is 4.79 Å². The van der Waals surface area contributed by atoms with Crippen LogP contribution in [0.1, 0.15) is 46.2 Å². The van der Waals surface area contributed by atoms with Crippen molar-refractivity contribution in [1.29, 1.82) is 0 Å². The molecular weight excluding hydrogens is 457 g/mol. The first kappa shape index (κ1) is 23.4. The number of nitrogens with zero attached hydrogens (tertiary/aromatic N) is 6. The number of carbonyl (C=O) groups excluding carboxylic acids is 1. The molecule has 2 aromatic heterocycles. The third-order valence-corrected chi connectivity index (χ3v) is 5.89. The maximum Gasteiger partial charge on any atom is 0.270 e. The minimum absolute atomic E-state index is 0.0905. The van der Waals surface area contributed by atoms with Crippen LogP contribution in [0.3, 0.4) is 0 Å². The molecule has 1 aliphatic carbocycles. The van der Waals surface area contributed by atoms with Crippen molar-refractivity contribution >= 4 is 5.91 Å². The number of aryl methyl sites for hydroxylation is 1. The van der Waals surface area contributed by atoms with Gasteiger partial charge in [0.15, 0.2) is 0 Å². The molecule has 0 bridgehead atoms. The van der Waals surface area contributed by atoms with Crippen molar-refractivity contribution < 1.29 is 23.8 Å². The van der Waals surface area contributed by atoms with Gasteiger partial charge in [-0.25, -0.2) is 14.4 Å². The number of aliphatic hydroxyl groups excluding tert-OH is 1. The molecule has 2 N–H and O–H groups in total. The molecule has 3 aromatic rings. The van der Waals surface area contributed by atoms with E-state index in [9.17, 15) is 9.18 Å². The summed E-state index contributed by atoms with van der Waals surface area (Å²) in [6.07, 6.45) is 1.42. The van der Waals surface area contributed by atoms with Crippen molar-refractivity contribution in [3.05, 3.63) is 52.7 Å². The highest BCUT2D eigenvalue weighted by molar-refractivity contribution is 5.93. The molecule has 2 fully saturated rings. The molecule has 3 heterocycles. The van der Waals surface area contributed by atoms with Crippen LogP contribution in [-0.2, 0) is 22.6 Å². The second kappa shape index (κ2) is 10.1. The number of aliphatic hydroxyl groups is 1. The van der Waals surface area contributed by atoms with Gasteiger partial charge in [0, 0.05) is 6.54 Å². The minimum atomic E-state index is -0.382. The Bertz CT molecular complexity index is 1210. The number of hydrogen-bond donors (Lipinski definition) is 2. The molecule has 12 heteroatoms. The van der Waals surface area contributed by atoms with Crippen LogP contribution >= 0.6 is 0 Å². The lowest BCUT2D eigenvalue weighted by Gasteiger charge is -2.27. The van der Waals surface area contributed by atoms with E-state index >= 15 is 0 Å². The fraction of sp³-hybridized carbons (Fsp3) is 0.478. The first-order valence-corrected chi connectivity index (χ1v) is 11.5. The van der Waals surface area contributed by atoms with E-state index in [1.165, 1.54) is 16.9 Å². The van der Waals surface area contributed by atoms with E-state index in [4.69, 9.17) is 14.6 Å². The highest BCUT2D eigenvalue weighted by Gasteiger charge is 2.27. The van der Waals surface area contributed by atoms with Crippen LogP contribution < -0.4 is 5.32 Å². The van der Waals surface area contributed by atoms with Crippen LogP contribution in [0, 0.1) is 12.7 Å². The molecule has 5 rings (SSSR count). The monoisotopic (exact) mass is 483 g/mol. The molecule has 2 aliphatic rings. The number of tetrazole rings is 1. The summed E-state index contributed by atoms with van der Waals surface area (Å²) in [5.41, 5.74) is 2.08. The second-order valence-electron chi connectivity index (χ2n) is 8.76. The first-order valence-electron chi connectivity index (χ1n) is 11.5. The lowest BCUT2D eigenvalue weighted by atomic mass is 10.1. The van der Waals surface area contributed by atoms with Crippen LogP contribution in [0.2, 0.25) is 0 Å². The number of carbonyl (C=O) groups is 1. The molecule has 1 saturated carbocycles. The zero-order valence-electron chi connectivity index (χ0n) is 19.2. The van der Waals surface area contributed by atoms with E-state index in [-0.39, 0.29) is 54.5 Å². The van der Waals surface area contributed by atoms with E-state index in [2.05, 4.69) is 30.7 Å². The van der Waals surface area contributed by atoms with Gasteiger partial charge < -0.3 is 19.9 Å². The normalized spacial score (nSPS) is 20.1. The Morgan fingerprint density at radius 3 is 2.74 bits per heavy atom. The van der Waals surface area contributed by atoms with E-state index in [1.54, 1.807) is 13.0 Å². The van der Waals surface area contributed by atoms with Gasteiger partial charge in [0.1, 0.15) is 35.2 Å². The smallest absolute Gasteiger partial charge is 0.270 e. The van der Waals surface area contributed by atoms with Gasteiger partial charge >= 0.3 is 0 Å². The van der Waals surface area contributed by atoms with Crippen molar-refractivity contribution in [2.45, 2.75) is 51.0 Å². The van der Waals surface area contributed by atoms with Crippen molar-refractivity contribution in [3.63, 3.8) is 0 Å². The molecule has 1 aromatic carbocycles. The average molecular weight is 484 g/mol. The third-order valence-electron chi connectivity index (χ3n) is 5.89. The van der Waals surface area contributed by atoms with Crippen LogP contribution in [-0.4, -0.2) is 73.2 Å². The Morgan fingerprint density at radius 1 is 1.20 bits per heavy atom.